The molecule has 9 heteroatoms. The zero-order chi connectivity index (χ0) is 26.0. The summed E-state index contributed by atoms with van der Waals surface area (Å²) in [7, 11) is 0. The molecule has 2 aromatic heterocycles. The summed E-state index contributed by atoms with van der Waals surface area (Å²) in [5.74, 6) is 0.706. The van der Waals surface area contributed by atoms with Gasteiger partial charge in [0.2, 0.25) is 11.8 Å². The molecule has 3 aliphatic rings. The van der Waals surface area contributed by atoms with E-state index in [0.717, 1.165) is 49.2 Å². The second-order valence-corrected chi connectivity index (χ2v) is 10.1. The van der Waals surface area contributed by atoms with Crippen LogP contribution in [0.2, 0.25) is 0 Å². The Hall–Kier alpha value is -3.59. The molecule has 5 rings (SSSR count). The summed E-state index contributed by atoms with van der Waals surface area (Å²) in [6.07, 6.45) is 7.98. The molecule has 0 unspecified atom stereocenters. The number of hydrogen-bond acceptors (Lipinski definition) is 7. The van der Waals surface area contributed by atoms with Gasteiger partial charge in [0.1, 0.15) is 5.84 Å². The van der Waals surface area contributed by atoms with Gasteiger partial charge in [0, 0.05) is 55.9 Å². The first kappa shape index (κ1) is 25.1. The number of nitrogens with one attached hydrogen (secondary N) is 2. The molecule has 0 aromatic carbocycles. The van der Waals surface area contributed by atoms with E-state index in [1.54, 1.807) is 6.20 Å². The molecular weight excluding hydrogens is 466 g/mol. The molecule has 0 bridgehead atoms. The van der Waals surface area contributed by atoms with E-state index >= 15 is 0 Å². The second kappa shape index (κ2) is 10.4. The Kier molecular flexibility index (Phi) is 7.06. The van der Waals surface area contributed by atoms with E-state index in [0.29, 0.717) is 54.5 Å². The van der Waals surface area contributed by atoms with Crippen LogP contribution in [0.3, 0.4) is 0 Å². The Balaban J connectivity index is 1.38. The maximum atomic E-state index is 13.4. The highest BCUT2D eigenvalue weighted by Gasteiger charge is 2.53. The van der Waals surface area contributed by atoms with E-state index in [-0.39, 0.29) is 18.2 Å². The van der Waals surface area contributed by atoms with Crippen LogP contribution in [0.4, 0.5) is 11.5 Å². The van der Waals surface area contributed by atoms with Gasteiger partial charge in [0.05, 0.1) is 23.0 Å². The molecule has 4 N–H and O–H groups in total. The Bertz CT molecular complexity index is 1270. The Morgan fingerprint density at radius 2 is 1.97 bits per heavy atom. The first-order chi connectivity index (χ1) is 17.9. The second-order valence-electron chi connectivity index (χ2n) is 10.1. The Labute approximate surface area is 217 Å². The summed E-state index contributed by atoms with van der Waals surface area (Å²) in [6, 6.07) is 5.78. The van der Waals surface area contributed by atoms with Crippen molar-refractivity contribution in [3.05, 3.63) is 52.5 Å². The zero-order valence-electron chi connectivity index (χ0n) is 21.6. The van der Waals surface area contributed by atoms with Gasteiger partial charge in [-0.05, 0) is 55.5 Å². The number of hydrogen-bond donors (Lipinski definition) is 3. The number of fused-ring (bicyclic) bond motifs is 2. The molecule has 2 aliphatic heterocycles. The monoisotopic (exact) mass is 501 g/mol. The number of nitrogens with zero attached hydrogens (tertiary/aromatic N) is 4. The fraction of sp³-hybridized carbons (Fsp3) is 0.464. The molecule has 4 heterocycles. The van der Waals surface area contributed by atoms with Crippen LogP contribution in [0.1, 0.15) is 68.5 Å². The van der Waals surface area contributed by atoms with Crippen LogP contribution in [-0.4, -0.2) is 52.2 Å². The highest BCUT2D eigenvalue weighted by Crippen LogP contribution is 2.49. The van der Waals surface area contributed by atoms with E-state index in [2.05, 4.69) is 34.5 Å². The third-order valence-corrected chi connectivity index (χ3v) is 7.25. The van der Waals surface area contributed by atoms with Gasteiger partial charge in [-0.15, -0.1) is 0 Å². The minimum atomic E-state index is -0.693. The third kappa shape index (κ3) is 5.13. The molecule has 1 fully saturated rings. The van der Waals surface area contributed by atoms with Crippen molar-refractivity contribution >= 4 is 35.2 Å². The molecule has 194 valence electrons. The summed E-state index contributed by atoms with van der Waals surface area (Å²) in [5.41, 5.74) is 10.5. The average Bonchev–Trinajstić information content (AvgIpc) is 3.72. The molecule has 0 atom stereocenters. The van der Waals surface area contributed by atoms with Gasteiger partial charge < -0.3 is 21.3 Å². The summed E-state index contributed by atoms with van der Waals surface area (Å²) in [5, 5.41) is 6.40. The van der Waals surface area contributed by atoms with Crippen LogP contribution in [-0.2, 0) is 28.0 Å². The van der Waals surface area contributed by atoms with Gasteiger partial charge in [-0.25, -0.2) is 9.98 Å². The van der Waals surface area contributed by atoms with Crippen LogP contribution < -0.4 is 16.4 Å². The topological polar surface area (TPSA) is 126 Å². The lowest BCUT2D eigenvalue weighted by atomic mass is 9.99. The Morgan fingerprint density at radius 3 is 2.70 bits per heavy atom. The molecule has 0 radical (unpaired) electrons. The first-order valence-corrected chi connectivity index (χ1v) is 13.3. The number of aromatic nitrogens is 2. The van der Waals surface area contributed by atoms with E-state index in [1.807, 2.05) is 29.2 Å². The highest BCUT2D eigenvalue weighted by atomic mass is 16.2. The van der Waals surface area contributed by atoms with Crippen molar-refractivity contribution in [1.29, 1.82) is 0 Å². The minimum absolute atomic E-state index is 0.00863. The summed E-state index contributed by atoms with van der Waals surface area (Å²) >= 11 is 0. The lowest BCUT2D eigenvalue weighted by molar-refractivity contribution is -0.127. The number of carbonyl (C=O) groups is 2. The molecule has 0 spiro atoms. The molecular formula is C28H35N7O2. The number of aliphatic imine (C=N–C) groups is 1. The van der Waals surface area contributed by atoms with Crippen LogP contribution in [0, 0.1) is 0 Å². The van der Waals surface area contributed by atoms with Crippen LogP contribution >= 0.6 is 0 Å². The van der Waals surface area contributed by atoms with Crippen LogP contribution in [0.25, 0.3) is 6.08 Å². The van der Waals surface area contributed by atoms with Crippen molar-refractivity contribution in [3.63, 3.8) is 0 Å². The summed E-state index contributed by atoms with van der Waals surface area (Å²) < 4.78 is 0. The van der Waals surface area contributed by atoms with E-state index < -0.39 is 5.41 Å². The SMILES string of the molecule is CCCN(CCC)C(=O)C1=Cc2ccc(C3(C(=O)Nc4cnc5c(c4)CNCC5)CC3)nc2N=C(N)C1. The van der Waals surface area contributed by atoms with Crippen molar-refractivity contribution in [1.82, 2.24) is 20.2 Å². The number of amides is 2. The standard InChI is InChI=1S/C28H35N7O2/c1-3-11-35(12-4-2)26(36)19-13-18-5-6-23(33-25(18)34-24(29)15-19)28(8-9-28)27(37)32-21-14-20-16-30-10-7-22(20)31-17-21/h5-6,13-14,17,30H,3-4,7-12,15-16H2,1-2H3,(H,32,37)(H2,29,33,34). The van der Waals surface area contributed by atoms with Crippen molar-refractivity contribution in [2.75, 3.05) is 25.0 Å². The molecule has 37 heavy (non-hydrogen) atoms. The van der Waals surface area contributed by atoms with Gasteiger partial charge in [-0.3, -0.25) is 14.6 Å². The van der Waals surface area contributed by atoms with Crippen molar-refractivity contribution in [2.24, 2.45) is 10.7 Å². The molecule has 2 amide bonds. The van der Waals surface area contributed by atoms with E-state index in [9.17, 15) is 9.59 Å². The highest BCUT2D eigenvalue weighted by molar-refractivity contribution is 6.05. The fourth-order valence-corrected chi connectivity index (χ4v) is 5.12. The predicted octanol–water partition coefficient (Wildman–Crippen LogP) is 3.22. The quantitative estimate of drug-likeness (QED) is 0.510. The van der Waals surface area contributed by atoms with Crippen LogP contribution in [0.5, 0.6) is 0 Å². The third-order valence-electron chi connectivity index (χ3n) is 7.25. The van der Waals surface area contributed by atoms with Gasteiger partial charge in [-0.2, -0.15) is 0 Å². The molecule has 9 nitrogen and oxygen atoms in total. The smallest absolute Gasteiger partial charge is 0.250 e. The van der Waals surface area contributed by atoms with Gasteiger partial charge in [0.25, 0.3) is 0 Å². The zero-order valence-corrected chi connectivity index (χ0v) is 21.6. The molecule has 0 saturated heterocycles. The van der Waals surface area contributed by atoms with Gasteiger partial charge in [0.15, 0.2) is 5.82 Å². The number of carbonyl (C=O) groups excluding carboxylic acids is 2. The van der Waals surface area contributed by atoms with E-state index in [1.165, 1.54) is 0 Å². The number of amidine groups is 1. The first-order valence-electron chi connectivity index (χ1n) is 13.3. The van der Waals surface area contributed by atoms with Crippen molar-refractivity contribution in [3.8, 4) is 0 Å². The maximum absolute atomic E-state index is 13.4. The summed E-state index contributed by atoms with van der Waals surface area (Å²) in [4.78, 5) is 42.4. The molecule has 1 aliphatic carbocycles. The molecule has 1 saturated carbocycles. The van der Waals surface area contributed by atoms with E-state index in [4.69, 9.17) is 10.7 Å². The van der Waals surface area contributed by atoms with Gasteiger partial charge in [-0.1, -0.05) is 13.8 Å². The Morgan fingerprint density at radius 1 is 1.19 bits per heavy atom. The van der Waals surface area contributed by atoms with Crippen molar-refractivity contribution < 1.29 is 9.59 Å². The lowest BCUT2D eigenvalue weighted by Gasteiger charge is -2.22. The van der Waals surface area contributed by atoms with Crippen molar-refractivity contribution in [2.45, 2.75) is 64.3 Å². The largest absolute Gasteiger partial charge is 0.387 e. The van der Waals surface area contributed by atoms with Gasteiger partial charge >= 0.3 is 0 Å². The normalized spacial score (nSPS) is 17.5. The molecule has 2 aromatic rings. The number of nitrogens with two attached hydrogens (primary N) is 1. The number of anilines is 1. The summed E-state index contributed by atoms with van der Waals surface area (Å²) in [6.45, 7) is 7.23. The van der Waals surface area contributed by atoms with Crippen LogP contribution in [0.15, 0.2) is 35.0 Å². The lowest BCUT2D eigenvalue weighted by Crippen LogP contribution is -2.34. The number of rotatable bonds is 8. The average molecular weight is 502 g/mol. The predicted molar refractivity (Wildman–Crippen MR) is 144 cm³/mol. The maximum Gasteiger partial charge on any atom is 0.250 e. The fourth-order valence-electron chi connectivity index (χ4n) is 5.12. The minimum Gasteiger partial charge on any atom is -0.387 e. The number of pyridine rings is 2.